The Labute approximate surface area is 89.9 Å². The number of benzene rings is 1. The molecule has 0 saturated carbocycles. The predicted molar refractivity (Wildman–Crippen MR) is 57.9 cm³/mol. The van der Waals surface area contributed by atoms with Crippen molar-refractivity contribution in [1.82, 2.24) is 3.96 Å². The van der Waals surface area contributed by atoms with E-state index in [9.17, 15) is 9.18 Å². The van der Waals surface area contributed by atoms with E-state index in [0.29, 0.717) is 17.9 Å². The lowest BCUT2D eigenvalue weighted by molar-refractivity contribution is 0.189. The summed E-state index contributed by atoms with van der Waals surface area (Å²) in [5.41, 5.74) is -0.273. The van der Waals surface area contributed by atoms with Crippen molar-refractivity contribution in [2.24, 2.45) is 0 Å². The minimum absolute atomic E-state index is 0.179. The third-order valence-electron chi connectivity index (χ3n) is 2.12. The molecule has 1 aromatic heterocycles. The van der Waals surface area contributed by atoms with Crippen LogP contribution in [-0.4, -0.2) is 17.7 Å². The van der Waals surface area contributed by atoms with E-state index in [1.54, 1.807) is 19.2 Å². The zero-order valence-corrected chi connectivity index (χ0v) is 9.01. The Morgan fingerprint density at radius 2 is 2.33 bits per heavy atom. The van der Waals surface area contributed by atoms with Crippen LogP contribution < -0.4 is 5.56 Å². The maximum atomic E-state index is 13.3. The van der Waals surface area contributed by atoms with E-state index in [0.717, 1.165) is 0 Å². The first-order valence-corrected chi connectivity index (χ1v) is 5.28. The van der Waals surface area contributed by atoms with Gasteiger partial charge in [0, 0.05) is 7.11 Å². The number of hydrogen-bond donors (Lipinski definition) is 0. The van der Waals surface area contributed by atoms with Gasteiger partial charge in [-0.25, -0.2) is 4.39 Å². The Balaban J connectivity index is 2.55. The number of rotatable bonds is 3. The first-order chi connectivity index (χ1) is 7.24. The summed E-state index contributed by atoms with van der Waals surface area (Å²) in [7, 11) is 1.57. The molecular weight excluding hydrogens is 217 g/mol. The SMILES string of the molecule is COCCn1sc2cccc(F)c2c1=O. The van der Waals surface area contributed by atoms with Crippen LogP contribution in [0.3, 0.4) is 0 Å². The topological polar surface area (TPSA) is 31.2 Å². The standard InChI is InChI=1S/C10H10FNO2S/c1-14-6-5-12-10(13)9-7(11)3-2-4-8(9)15-12/h2-4H,5-6H2,1H3. The van der Waals surface area contributed by atoms with Gasteiger partial charge in [0.2, 0.25) is 0 Å². The second-order valence-electron chi connectivity index (χ2n) is 3.10. The summed E-state index contributed by atoms with van der Waals surface area (Å²) in [5, 5.41) is 0.179. The average molecular weight is 227 g/mol. The highest BCUT2D eigenvalue weighted by atomic mass is 32.1. The highest BCUT2D eigenvalue weighted by Gasteiger charge is 2.10. The van der Waals surface area contributed by atoms with E-state index in [1.165, 1.54) is 21.6 Å². The van der Waals surface area contributed by atoms with Gasteiger partial charge in [0.05, 0.1) is 23.2 Å². The zero-order valence-electron chi connectivity index (χ0n) is 8.20. The molecule has 0 aliphatic rings. The van der Waals surface area contributed by atoms with Crippen LogP contribution in [0.5, 0.6) is 0 Å². The molecule has 0 aliphatic carbocycles. The van der Waals surface area contributed by atoms with Gasteiger partial charge in [-0.1, -0.05) is 17.6 Å². The van der Waals surface area contributed by atoms with Crippen LogP contribution in [0.25, 0.3) is 10.1 Å². The molecule has 0 aliphatic heterocycles. The summed E-state index contributed by atoms with van der Waals surface area (Å²) in [4.78, 5) is 11.7. The third kappa shape index (κ3) is 1.80. The van der Waals surface area contributed by atoms with Gasteiger partial charge in [0.25, 0.3) is 5.56 Å². The summed E-state index contributed by atoms with van der Waals surface area (Å²) >= 11 is 1.26. The monoisotopic (exact) mass is 227 g/mol. The molecule has 0 spiro atoms. The quantitative estimate of drug-likeness (QED) is 0.801. The van der Waals surface area contributed by atoms with Crippen molar-refractivity contribution in [3.05, 3.63) is 34.4 Å². The van der Waals surface area contributed by atoms with Gasteiger partial charge in [0.15, 0.2) is 0 Å². The van der Waals surface area contributed by atoms with Crippen molar-refractivity contribution < 1.29 is 9.13 Å². The molecule has 3 nitrogen and oxygen atoms in total. The van der Waals surface area contributed by atoms with Gasteiger partial charge in [-0.2, -0.15) is 0 Å². The largest absolute Gasteiger partial charge is 0.383 e. The average Bonchev–Trinajstić information content (AvgIpc) is 2.54. The molecule has 5 heteroatoms. The highest BCUT2D eigenvalue weighted by molar-refractivity contribution is 7.13. The highest BCUT2D eigenvalue weighted by Crippen LogP contribution is 2.18. The second-order valence-corrected chi connectivity index (χ2v) is 4.17. The van der Waals surface area contributed by atoms with Gasteiger partial charge in [-0.05, 0) is 12.1 Å². The lowest BCUT2D eigenvalue weighted by Gasteiger charge is -1.96. The van der Waals surface area contributed by atoms with Gasteiger partial charge in [-0.3, -0.25) is 8.75 Å². The fourth-order valence-electron chi connectivity index (χ4n) is 1.39. The summed E-state index contributed by atoms with van der Waals surface area (Å²) in [6, 6.07) is 4.65. The lowest BCUT2D eigenvalue weighted by atomic mass is 10.3. The van der Waals surface area contributed by atoms with Crippen LogP contribution in [-0.2, 0) is 11.3 Å². The Kier molecular flexibility index (Phi) is 2.83. The predicted octanol–water partition coefficient (Wildman–Crippen LogP) is 1.85. The minimum atomic E-state index is -0.454. The molecule has 0 atom stereocenters. The molecule has 0 radical (unpaired) electrons. The van der Waals surface area contributed by atoms with Crippen LogP contribution in [0.15, 0.2) is 23.0 Å². The molecule has 0 fully saturated rings. The third-order valence-corrected chi connectivity index (χ3v) is 3.23. The van der Waals surface area contributed by atoms with E-state index in [4.69, 9.17) is 4.74 Å². The van der Waals surface area contributed by atoms with Crippen LogP contribution in [0.2, 0.25) is 0 Å². The van der Waals surface area contributed by atoms with Gasteiger partial charge >= 0.3 is 0 Å². The molecular formula is C10H10FNO2S. The second kappa shape index (κ2) is 4.12. The van der Waals surface area contributed by atoms with Crippen LogP contribution in [0.1, 0.15) is 0 Å². The van der Waals surface area contributed by atoms with Crippen molar-refractivity contribution >= 4 is 21.6 Å². The van der Waals surface area contributed by atoms with Crippen molar-refractivity contribution in [1.29, 1.82) is 0 Å². The molecule has 0 amide bonds. The minimum Gasteiger partial charge on any atom is -0.383 e. The van der Waals surface area contributed by atoms with Crippen molar-refractivity contribution in [2.75, 3.05) is 13.7 Å². The van der Waals surface area contributed by atoms with Crippen molar-refractivity contribution in [2.45, 2.75) is 6.54 Å². The summed E-state index contributed by atoms with van der Waals surface area (Å²) in [5.74, 6) is -0.454. The fourth-order valence-corrected chi connectivity index (χ4v) is 2.39. The molecule has 0 N–H and O–H groups in total. The number of ether oxygens (including phenoxy) is 1. The summed E-state index contributed by atoms with van der Waals surface area (Å²) in [6.45, 7) is 0.919. The molecule has 0 saturated heterocycles. The van der Waals surface area contributed by atoms with Crippen LogP contribution in [0.4, 0.5) is 4.39 Å². The van der Waals surface area contributed by atoms with Gasteiger partial charge in [0.1, 0.15) is 5.82 Å². The smallest absolute Gasteiger partial charge is 0.271 e. The number of halogens is 1. The Morgan fingerprint density at radius 3 is 3.00 bits per heavy atom. The molecule has 80 valence electrons. The maximum Gasteiger partial charge on any atom is 0.271 e. The Bertz CT molecular complexity index is 532. The first-order valence-electron chi connectivity index (χ1n) is 4.51. The van der Waals surface area contributed by atoms with E-state index in [-0.39, 0.29) is 10.9 Å². The number of hydrogen-bond acceptors (Lipinski definition) is 3. The number of nitrogens with zero attached hydrogens (tertiary/aromatic N) is 1. The van der Waals surface area contributed by atoms with Crippen molar-refractivity contribution in [3.63, 3.8) is 0 Å². The molecule has 1 heterocycles. The lowest BCUT2D eigenvalue weighted by Crippen LogP contribution is -2.16. The molecule has 0 bridgehead atoms. The Morgan fingerprint density at radius 1 is 1.53 bits per heavy atom. The maximum absolute atomic E-state index is 13.3. The van der Waals surface area contributed by atoms with Crippen LogP contribution in [0, 0.1) is 5.82 Å². The first kappa shape index (κ1) is 10.3. The van der Waals surface area contributed by atoms with Crippen molar-refractivity contribution in [3.8, 4) is 0 Å². The number of methoxy groups -OCH3 is 1. The van der Waals surface area contributed by atoms with Gasteiger partial charge < -0.3 is 4.74 Å². The normalized spacial score (nSPS) is 11.1. The molecule has 15 heavy (non-hydrogen) atoms. The van der Waals surface area contributed by atoms with E-state index in [2.05, 4.69) is 0 Å². The molecule has 2 rings (SSSR count). The molecule has 1 aromatic carbocycles. The fraction of sp³-hybridized carbons (Fsp3) is 0.300. The van der Waals surface area contributed by atoms with Gasteiger partial charge in [-0.15, -0.1) is 0 Å². The van der Waals surface area contributed by atoms with E-state index >= 15 is 0 Å². The summed E-state index contributed by atoms with van der Waals surface area (Å²) in [6.07, 6.45) is 0. The van der Waals surface area contributed by atoms with E-state index in [1.807, 2.05) is 0 Å². The molecule has 0 unspecified atom stereocenters. The zero-order chi connectivity index (χ0) is 10.8. The van der Waals surface area contributed by atoms with Crippen LogP contribution >= 0.6 is 11.5 Å². The summed E-state index contributed by atoms with van der Waals surface area (Å²) < 4.78 is 20.4. The van der Waals surface area contributed by atoms with E-state index < -0.39 is 5.82 Å². The number of aromatic nitrogens is 1. The molecule has 2 aromatic rings. The Hall–Kier alpha value is -1.20. The number of fused-ring (bicyclic) bond motifs is 1.